The molecule has 2 heteroatoms. The Bertz CT molecular complexity index is 217. The maximum Gasteiger partial charge on any atom is 0.0220 e. The summed E-state index contributed by atoms with van der Waals surface area (Å²) < 4.78 is 0. The average molecular weight is 268 g/mol. The van der Waals surface area contributed by atoms with Crippen molar-refractivity contribution >= 4 is 0 Å². The van der Waals surface area contributed by atoms with Crippen LogP contribution in [0.15, 0.2) is 0 Å². The van der Waals surface area contributed by atoms with Crippen molar-refractivity contribution in [2.75, 3.05) is 19.6 Å². The van der Waals surface area contributed by atoms with E-state index in [0.29, 0.717) is 6.04 Å². The van der Waals surface area contributed by atoms with E-state index in [1.54, 1.807) is 0 Å². The zero-order chi connectivity index (χ0) is 14.1. The van der Waals surface area contributed by atoms with Gasteiger partial charge >= 0.3 is 0 Å². The lowest BCUT2D eigenvalue weighted by Gasteiger charge is -2.35. The van der Waals surface area contributed by atoms with Crippen molar-refractivity contribution in [3.63, 3.8) is 0 Å². The highest BCUT2D eigenvalue weighted by Crippen LogP contribution is 2.21. The fraction of sp³-hybridized carbons (Fsp3) is 1.00. The van der Waals surface area contributed by atoms with Crippen molar-refractivity contribution < 1.29 is 0 Å². The molecule has 0 bridgehead atoms. The zero-order valence-electron chi connectivity index (χ0n) is 13.8. The zero-order valence-corrected chi connectivity index (χ0v) is 13.8. The molecule has 0 aliphatic carbocycles. The van der Waals surface area contributed by atoms with E-state index in [4.69, 9.17) is 0 Å². The third-order valence-corrected chi connectivity index (χ3v) is 4.89. The third kappa shape index (κ3) is 5.83. The van der Waals surface area contributed by atoms with Crippen LogP contribution in [0.5, 0.6) is 0 Å². The third-order valence-electron chi connectivity index (χ3n) is 4.89. The van der Waals surface area contributed by atoms with Gasteiger partial charge < -0.3 is 5.32 Å². The molecule has 0 aromatic carbocycles. The quantitative estimate of drug-likeness (QED) is 0.714. The van der Waals surface area contributed by atoms with Crippen LogP contribution >= 0.6 is 0 Å². The molecule has 0 radical (unpaired) electrons. The Kier molecular flexibility index (Phi) is 8.72. The van der Waals surface area contributed by atoms with E-state index in [2.05, 4.69) is 37.9 Å². The van der Waals surface area contributed by atoms with Crippen molar-refractivity contribution in [2.24, 2.45) is 5.92 Å². The Hall–Kier alpha value is -0.0800. The second kappa shape index (κ2) is 9.77. The van der Waals surface area contributed by atoms with Crippen LogP contribution in [0.1, 0.15) is 72.6 Å². The van der Waals surface area contributed by atoms with Crippen LogP contribution < -0.4 is 5.32 Å². The Morgan fingerprint density at radius 3 is 2.58 bits per heavy atom. The van der Waals surface area contributed by atoms with Gasteiger partial charge in [-0.1, -0.05) is 47.0 Å². The van der Waals surface area contributed by atoms with Crippen LogP contribution in [0.3, 0.4) is 0 Å². The summed E-state index contributed by atoms with van der Waals surface area (Å²) in [5, 5.41) is 3.79. The molecule has 3 atom stereocenters. The first-order valence-corrected chi connectivity index (χ1v) is 8.70. The van der Waals surface area contributed by atoms with Crippen LogP contribution in [0, 0.1) is 5.92 Å². The molecule has 0 spiro atoms. The van der Waals surface area contributed by atoms with Crippen molar-refractivity contribution in [3.05, 3.63) is 0 Å². The summed E-state index contributed by atoms with van der Waals surface area (Å²) in [6, 6.07) is 1.51. The van der Waals surface area contributed by atoms with Crippen LogP contribution in [0.25, 0.3) is 0 Å². The summed E-state index contributed by atoms with van der Waals surface area (Å²) >= 11 is 0. The van der Waals surface area contributed by atoms with Gasteiger partial charge in [-0.2, -0.15) is 0 Å². The van der Waals surface area contributed by atoms with E-state index in [-0.39, 0.29) is 0 Å². The largest absolute Gasteiger partial charge is 0.312 e. The first-order chi connectivity index (χ1) is 9.22. The number of hydrogen-bond acceptors (Lipinski definition) is 2. The highest BCUT2D eigenvalue weighted by molar-refractivity contribution is 4.82. The van der Waals surface area contributed by atoms with Gasteiger partial charge in [-0.3, -0.25) is 4.90 Å². The van der Waals surface area contributed by atoms with Crippen LogP contribution in [-0.2, 0) is 0 Å². The summed E-state index contributed by atoms with van der Waals surface area (Å²) in [5.74, 6) is 0.785. The van der Waals surface area contributed by atoms with Crippen molar-refractivity contribution in [3.8, 4) is 0 Å². The van der Waals surface area contributed by atoms with Gasteiger partial charge in [-0.05, 0) is 44.7 Å². The predicted molar refractivity (Wildman–Crippen MR) is 85.7 cm³/mol. The minimum atomic E-state index is 0.678. The van der Waals surface area contributed by atoms with E-state index in [1.165, 1.54) is 64.6 Å². The minimum Gasteiger partial charge on any atom is -0.312 e. The fourth-order valence-electron chi connectivity index (χ4n) is 3.25. The normalized spacial score (nSPS) is 24.9. The lowest BCUT2D eigenvalue weighted by atomic mass is 9.97. The second-order valence-electron chi connectivity index (χ2n) is 6.35. The maximum absolute atomic E-state index is 3.79. The molecule has 114 valence electrons. The number of likely N-dealkylation sites (tertiary alicyclic amines) is 1. The molecule has 1 N–H and O–H groups in total. The van der Waals surface area contributed by atoms with E-state index in [0.717, 1.165) is 12.0 Å². The van der Waals surface area contributed by atoms with Gasteiger partial charge in [0.1, 0.15) is 0 Å². The molecule has 3 unspecified atom stereocenters. The van der Waals surface area contributed by atoms with Gasteiger partial charge in [0, 0.05) is 18.6 Å². The van der Waals surface area contributed by atoms with Gasteiger partial charge in [0.25, 0.3) is 0 Å². The SMILES string of the molecule is CCCNC(CN1CCCCCC1CC)C(C)CC. The summed E-state index contributed by atoms with van der Waals surface area (Å²) in [5.41, 5.74) is 0. The minimum absolute atomic E-state index is 0.678. The Labute approximate surface area is 121 Å². The second-order valence-corrected chi connectivity index (χ2v) is 6.35. The summed E-state index contributed by atoms with van der Waals surface area (Å²) in [6.07, 6.45) is 9.53. The summed E-state index contributed by atoms with van der Waals surface area (Å²) in [4.78, 5) is 2.78. The molecule has 0 aromatic rings. The van der Waals surface area contributed by atoms with Crippen LogP contribution in [-0.4, -0.2) is 36.6 Å². The van der Waals surface area contributed by atoms with Crippen LogP contribution in [0.2, 0.25) is 0 Å². The van der Waals surface area contributed by atoms with E-state index in [9.17, 15) is 0 Å². The Morgan fingerprint density at radius 2 is 1.95 bits per heavy atom. The molecular weight excluding hydrogens is 232 g/mol. The van der Waals surface area contributed by atoms with Crippen molar-refractivity contribution in [1.82, 2.24) is 10.2 Å². The average Bonchev–Trinajstić information content (AvgIpc) is 2.67. The molecule has 0 amide bonds. The Morgan fingerprint density at radius 1 is 1.16 bits per heavy atom. The van der Waals surface area contributed by atoms with Gasteiger partial charge in [0.05, 0.1) is 0 Å². The molecule has 0 saturated carbocycles. The molecule has 1 rings (SSSR count). The van der Waals surface area contributed by atoms with Crippen molar-refractivity contribution in [2.45, 2.75) is 84.7 Å². The number of nitrogens with zero attached hydrogens (tertiary/aromatic N) is 1. The molecule has 1 saturated heterocycles. The van der Waals surface area contributed by atoms with E-state index < -0.39 is 0 Å². The smallest absolute Gasteiger partial charge is 0.0220 e. The van der Waals surface area contributed by atoms with E-state index >= 15 is 0 Å². The Balaban J connectivity index is 2.57. The molecule has 1 fully saturated rings. The topological polar surface area (TPSA) is 15.3 Å². The molecule has 1 heterocycles. The van der Waals surface area contributed by atoms with Gasteiger partial charge in [0.2, 0.25) is 0 Å². The lowest BCUT2D eigenvalue weighted by molar-refractivity contribution is 0.155. The maximum atomic E-state index is 3.79. The van der Waals surface area contributed by atoms with Gasteiger partial charge in [-0.15, -0.1) is 0 Å². The first kappa shape index (κ1) is 17.0. The highest BCUT2D eigenvalue weighted by atomic mass is 15.2. The molecule has 1 aliphatic heterocycles. The summed E-state index contributed by atoms with van der Waals surface area (Å²) in [7, 11) is 0. The fourth-order valence-corrected chi connectivity index (χ4v) is 3.25. The molecule has 0 aromatic heterocycles. The predicted octanol–water partition coefficient (Wildman–Crippen LogP) is 4.06. The molecule has 2 nitrogen and oxygen atoms in total. The van der Waals surface area contributed by atoms with Crippen molar-refractivity contribution in [1.29, 1.82) is 0 Å². The van der Waals surface area contributed by atoms with Gasteiger partial charge in [0.15, 0.2) is 0 Å². The molecule has 19 heavy (non-hydrogen) atoms. The number of rotatable bonds is 8. The standard InChI is InChI=1S/C17H36N2/c1-5-12-18-17(15(4)6-2)14-19-13-10-8-9-11-16(19)7-3/h15-18H,5-14H2,1-4H3. The molecular formula is C17H36N2. The summed E-state index contributed by atoms with van der Waals surface area (Å²) in [6.45, 7) is 13.1. The highest BCUT2D eigenvalue weighted by Gasteiger charge is 2.24. The number of hydrogen-bond donors (Lipinski definition) is 1. The van der Waals surface area contributed by atoms with E-state index in [1.807, 2.05) is 0 Å². The monoisotopic (exact) mass is 268 g/mol. The number of nitrogens with one attached hydrogen (secondary N) is 1. The van der Waals surface area contributed by atoms with Gasteiger partial charge in [-0.25, -0.2) is 0 Å². The first-order valence-electron chi connectivity index (χ1n) is 8.70. The van der Waals surface area contributed by atoms with Crippen LogP contribution in [0.4, 0.5) is 0 Å². The lowest BCUT2D eigenvalue weighted by Crippen LogP contribution is -2.48. The molecule has 1 aliphatic rings.